The van der Waals surface area contributed by atoms with Crippen LogP contribution in [0.25, 0.3) is 16.3 Å². The van der Waals surface area contributed by atoms with Gasteiger partial charge in [0.15, 0.2) is 5.60 Å². The van der Waals surface area contributed by atoms with Crippen LogP contribution in [0.3, 0.4) is 0 Å². The van der Waals surface area contributed by atoms with E-state index in [0.717, 1.165) is 27.5 Å². The Morgan fingerprint density at radius 3 is 2.13 bits per heavy atom. The number of rotatable bonds is 11. The lowest BCUT2D eigenvalue weighted by molar-refractivity contribution is -0.134. The smallest absolute Gasteiger partial charge is 0.338 e. The van der Waals surface area contributed by atoms with Crippen LogP contribution in [0.5, 0.6) is 0 Å². The maximum absolute atomic E-state index is 14.4. The molecule has 2 amide bonds. The van der Waals surface area contributed by atoms with Gasteiger partial charge in [0.25, 0.3) is 0 Å². The van der Waals surface area contributed by atoms with Crippen LogP contribution in [0.2, 0.25) is 0 Å². The average Bonchev–Trinajstić information content (AvgIpc) is 3.77. The van der Waals surface area contributed by atoms with Gasteiger partial charge < -0.3 is 20.9 Å². The summed E-state index contributed by atoms with van der Waals surface area (Å²) in [7, 11) is 0. The van der Waals surface area contributed by atoms with Gasteiger partial charge in [0, 0.05) is 29.8 Å². The van der Waals surface area contributed by atoms with E-state index in [1.807, 2.05) is 115 Å². The number of amides is 2. The molecule has 4 aromatic carbocycles. The fraction of sp³-hybridized carbons (Fsp3) is 0.152. The van der Waals surface area contributed by atoms with Crippen molar-refractivity contribution in [2.24, 2.45) is 29.4 Å². The molecule has 9 nitrogen and oxygen atoms in total. The maximum Gasteiger partial charge on any atom is 0.338 e. The van der Waals surface area contributed by atoms with Gasteiger partial charge in [-0.3, -0.25) is 19.6 Å². The lowest BCUT2D eigenvalue weighted by Crippen LogP contribution is -2.46. The minimum Gasteiger partial charge on any atom is -0.460 e. The molecule has 9 heteroatoms. The molecule has 1 fully saturated rings. The summed E-state index contributed by atoms with van der Waals surface area (Å²) < 4.78 is 5.61. The number of allylic oxidation sites excluding steroid dienone is 2. The molecule has 5 atom stereocenters. The molecular formula is C46H38N4O5. The number of hydrogen-bond acceptors (Lipinski definition) is 7. The SMILES string of the molecule is NC(=O)C1C2C(C(O)(c3ccccc3)c3ccccn3)=CC(C2=C(c2ccccc2)c2ccccn2)C1C(=O)NCCOC(=O)c1cccc2ccccc12. The van der Waals surface area contributed by atoms with Gasteiger partial charge in [0.1, 0.15) is 6.61 Å². The third-order valence-corrected chi connectivity index (χ3v) is 10.7. The average molecular weight is 727 g/mol. The number of esters is 1. The van der Waals surface area contributed by atoms with Gasteiger partial charge in [-0.1, -0.05) is 115 Å². The molecule has 8 rings (SSSR count). The van der Waals surface area contributed by atoms with Crippen LogP contribution in [-0.4, -0.2) is 46.0 Å². The van der Waals surface area contributed by atoms with Crippen molar-refractivity contribution in [3.05, 3.63) is 197 Å². The molecule has 2 aliphatic carbocycles. The highest BCUT2D eigenvalue weighted by atomic mass is 16.5. The molecule has 55 heavy (non-hydrogen) atoms. The van der Waals surface area contributed by atoms with Gasteiger partial charge in [-0.05, 0) is 63.4 Å². The van der Waals surface area contributed by atoms with E-state index in [2.05, 4.69) is 10.3 Å². The van der Waals surface area contributed by atoms with E-state index >= 15 is 0 Å². The number of pyridine rings is 2. The summed E-state index contributed by atoms with van der Waals surface area (Å²) in [6.45, 7) is -0.0751. The Morgan fingerprint density at radius 1 is 0.745 bits per heavy atom. The zero-order valence-electron chi connectivity index (χ0n) is 29.8. The van der Waals surface area contributed by atoms with E-state index in [0.29, 0.717) is 28.1 Å². The Kier molecular flexibility index (Phi) is 9.61. The zero-order chi connectivity index (χ0) is 37.9. The van der Waals surface area contributed by atoms with Crippen LogP contribution in [0.15, 0.2) is 169 Å². The molecular weight excluding hydrogens is 689 g/mol. The number of carbonyl (C=O) groups excluding carboxylic acids is 3. The number of nitrogens with two attached hydrogens (primary N) is 1. The first-order chi connectivity index (χ1) is 26.9. The molecule has 5 unspecified atom stereocenters. The van der Waals surface area contributed by atoms with Gasteiger partial charge in [0.05, 0.1) is 35.3 Å². The highest BCUT2D eigenvalue weighted by Crippen LogP contribution is 2.62. The Morgan fingerprint density at radius 2 is 1.42 bits per heavy atom. The molecule has 0 radical (unpaired) electrons. The first kappa shape index (κ1) is 35.3. The predicted octanol–water partition coefficient (Wildman–Crippen LogP) is 6.24. The summed E-state index contributed by atoms with van der Waals surface area (Å²) in [6, 6.07) is 42.8. The number of ether oxygens (including phenoxy) is 1. The number of benzene rings is 4. The summed E-state index contributed by atoms with van der Waals surface area (Å²) in [4.78, 5) is 50.6. The quantitative estimate of drug-likeness (QED) is 0.0814. The number of hydrogen-bond donors (Lipinski definition) is 3. The van der Waals surface area contributed by atoms with Gasteiger partial charge in [-0.2, -0.15) is 0 Å². The lowest BCUT2D eigenvalue weighted by atomic mass is 9.70. The second-order valence-electron chi connectivity index (χ2n) is 13.7. The van der Waals surface area contributed by atoms with Crippen molar-refractivity contribution < 1.29 is 24.2 Å². The molecule has 1 saturated carbocycles. The zero-order valence-corrected chi connectivity index (χ0v) is 29.8. The van der Waals surface area contributed by atoms with Crippen molar-refractivity contribution in [2.45, 2.75) is 5.60 Å². The number of nitrogens with one attached hydrogen (secondary N) is 1. The Labute approximate surface area is 318 Å². The number of nitrogens with zero attached hydrogens (tertiary/aromatic N) is 2. The summed E-state index contributed by atoms with van der Waals surface area (Å²) >= 11 is 0. The highest BCUT2D eigenvalue weighted by molar-refractivity contribution is 6.04. The summed E-state index contributed by atoms with van der Waals surface area (Å²) in [5.74, 6) is -5.03. The fourth-order valence-corrected chi connectivity index (χ4v) is 8.43. The Hall–Kier alpha value is -6.71. The van der Waals surface area contributed by atoms with Crippen LogP contribution in [0.1, 0.15) is 32.9 Å². The number of fused-ring (bicyclic) bond motifs is 3. The molecule has 6 aromatic rings. The minimum absolute atomic E-state index is 0.0119. The van der Waals surface area contributed by atoms with Crippen molar-refractivity contribution >= 4 is 34.1 Å². The van der Waals surface area contributed by atoms with E-state index < -0.39 is 47.1 Å². The Balaban J connectivity index is 1.20. The van der Waals surface area contributed by atoms with E-state index in [1.165, 1.54) is 0 Å². The largest absolute Gasteiger partial charge is 0.460 e. The van der Waals surface area contributed by atoms with Crippen LogP contribution < -0.4 is 11.1 Å². The molecule has 2 heterocycles. The third kappa shape index (κ3) is 6.38. The summed E-state index contributed by atoms with van der Waals surface area (Å²) in [5.41, 5.74) is 9.39. The van der Waals surface area contributed by atoms with Crippen molar-refractivity contribution in [1.29, 1.82) is 0 Å². The normalized spacial score (nSPS) is 20.6. The van der Waals surface area contributed by atoms with E-state index in [4.69, 9.17) is 15.5 Å². The first-order valence-electron chi connectivity index (χ1n) is 18.2. The van der Waals surface area contributed by atoms with Crippen molar-refractivity contribution in [1.82, 2.24) is 15.3 Å². The first-order valence-corrected chi connectivity index (χ1v) is 18.2. The molecule has 0 spiro atoms. The number of aromatic nitrogens is 2. The molecule has 0 aliphatic heterocycles. The molecule has 4 N–H and O–H groups in total. The van der Waals surface area contributed by atoms with E-state index in [9.17, 15) is 19.5 Å². The minimum atomic E-state index is -1.77. The number of carbonyl (C=O) groups is 3. The van der Waals surface area contributed by atoms with Crippen LogP contribution in [-0.2, 0) is 19.9 Å². The van der Waals surface area contributed by atoms with Crippen LogP contribution in [0.4, 0.5) is 0 Å². The van der Waals surface area contributed by atoms with Gasteiger partial charge in [0.2, 0.25) is 11.8 Å². The third-order valence-electron chi connectivity index (χ3n) is 10.7. The van der Waals surface area contributed by atoms with E-state index in [-0.39, 0.29) is 13.2 Å². The monoisotopic (exact) mass is 726 g/mol. The molecule has 2 aromatic heterocycles. The Bertz CT molecular complexity index is 2350. The lowest BCUT2D eigenvalue weighted by Gasteiger charge is -2.37. The van der Waals surface area contributed by atoms with Crippen LogP contribution in [0, 0.1) is 23.7 Å². The predicted molar refractivity (Wildman–Crippen MR) is 209 cm³/mol. The molecule has 272 valence electrons. The second-order valence-corrected chi connectivity index (χ2v) is 13.7. The maximum atomic E-state index is 14.4. The van der Waals surface area contributed by atoms with E-state index in [1.54, 1.807) is 42.7 Å². The molecule has 2 bridgehead atoms. The fourth-order valence-electron chi connectivity index (χ4n) is 8.43. The standard InChI is InChI=1S/C46H38N4O5/c47-43(51)42-40(44(52)50-26-27-55-45(53)33-21-13-17-29-14-7-8-20-32(29)33)34-28-35(46(54,31-18-5-2-6-19-31)37-23-10-12-25-49-37)41(42)39(34)38(30-15-3-1-4-16-30)36-22-9-11-24-48-36/h1-25,28,34,40-42,54H,26-27H2,(H2,47,51)(H,50,52). The van der Waals surface area contributed by atoms with Crippen molar-refractivity contribution in [2.75, 3.05) is 13.2 Å². The molecule has 0 saturated heterocycles. The van der Waals surface area contributed by atoms with Gasteiger partial charge in [-0.25, -0.2) is 4.79 Å². The summed E-state index contributed by atoms with van der Waals surface area (Å²) in [6.07, 6.45) is 5.23. The van der Waals surface area contributed by atoms with Crippen LogP contribution >= 0.6 is 0 Å². The number of primary amides is 1. The van der Waals surface area contributed by atoms with Gasteiger partial charge in [-0.15, -0.1) is 0 Å². The highest BCUT2D eigenvalue weighted by Gasteiger charge is 2.61. The van der Waals surface area contributed by atoms with Crippen molar-refractivity contribution in [3.63, 3.8) is 0 Å². The number of aliphatic hydroxyl groups is 1. The van der Waals surface area contributed by atoms with Gasteiger partial charge >= 0.3 is 5.97 Å². The molecule has 2 aliphatic rings. The van der Waals surface area contributed by atoms with Crippen molar-refractivity contribution in [3.8, 4) is 0 Å². The second kappa shape index (κ2) is 15.0. The summed E-state index contributed by atoms with van der Waals surface area (Å²) in [5, 5.41) is 17.7. The topological polar surface area (TPSA) is 145 Å².